The number of rotatable bonds is 4. The maximum Gasteiger partial charge on any atom is 0.338 e. The SMILES string of the molecule is Cc1cc(N)cc(C(=O)OCC(=O)NC2CC2)c1. The minimum absolute atomic E-state index is 0.247. The van der Waals surface area contributed by atoms with Crippen LogP contribution in [0.25, 0.3) is 0 Å². The van der Waals surface area contributed by atoms with Crippen LogP contribution in [-0.4, -0.2) is 24.5 Å². The third kappa shape index (κ3) is 3.48. The maximum atomic E-state index is 11.7. The summed E-state index contributed by atoms with van der Waals surface area (Å²) in [4.78, 5) is 23.0. The Kier molecular flexibility index (Phi) is 3.50. The first-order valence-corrected chi connectivity index (χ1v) is 5.88. The normalized spacial score (nSPS) is 14.1. The summed E-state index contributed by atoms with van der Waals surface area (Å²) in [5.74, 6) is -0.789. The second-order valence-corrected chi connectivity index (χ2v) is 4.55. The van der Waals surface area contributed by atoms with E-state index in [0.29, 0.717) is 11.3 Å². The third-order valence-corrected chi connectivity index (χ3v) is 2.61. The molecule has 5 heteroatoms. The predicted octanol–water partition coefficient (Wildman–Crippen LogP) is 1.01. The van der Waals surface area contributed by atoms with Crippen LogP contribution in [0.15, 0.2) is 18.2 Å². The lowest BCUT2D eigenvalue weighted by molar-refractivity contribution is -0.124. The van der Waals surface area contributed by atoms with Crippen LogP contribution in [-0.2, 0) is 9.53 Å². The zero-order chi connectivity index (χ0) is 13.1. The van der Waals surface area contributed by atoms with Gasteiger partial charge in [0.2, 0.25) is 0 Å². The molecule has 5 nitrogen and oxygen atoms in total. The van der Waals surface area contributed by atoms with Gasteiger partial charge in [-0.25, -0.2) is 4.79 Å². The number of carbonyl (C=O) groups is 2. The molecule has 1 amide bonds. The lowest BCUT2D eigenvalue weighted by Crippen LogP contribution is -2.30. The van der Waals surface area contributed by atoms with Crippen molar-refractivity contribution in [2.45, 2.75) is 25.8 Å². The second kappa shape index (κ2) is 5.08. The molecule has 0 saturated heterocycles. The largest absolute Gasteiger partial charge is 0.452 e. The number of amides is 1. The minimum Gasteiger partial charge on any atom is -0.452 e. The predicted molar refractivity (Wildman–Crippen MR) is 67.0 cm³/mol. The first kappa shape index (κ1) is 12.4. The Morgan fingerprint density at radius 2 is 2.11 bits per heavy atom. The van der Waals surface area contributed by atoms with Crippen molar-refractivity contribution in [2.75, 3.05) is 12.3 Å². The van der Waals surface area contributed by atoms with Gasteiger partial charge in [0.25, 0.3) is 5.91 Å². The van der Waals surface area contributed by atoms with Gasteiger partial charge in [0.1, 0.15) is 0 Å². The van der Waals surface area contributed by atoms with Crippen molar-refractivity contribution >= 4 is 17.6 Å². The molecule has 0 radical (unpaired) electrons. The molecule has 1 aliphatic carbocycles. The Morgan fingerprint density at radius 1 is 1.39 bits per heavy atom. The molecule has 0 spiro atoms. The van der Waals surface area contributed by atoms with E-state index in [1.807, 2.05) is 6.92 Å². The van der Waals surface area contributed by atoms with Crippen molar-refractivity contribution in [3.63, 3.8) is 0 Å². The number of carbonyl (C=O) groups excluding carboxylic acids is 2. The fraction of sp³-hybridized carbons (Fsp3) is 0.385. The van der Waals surface area contributed by atoms with E-state index in [-0.39, 0.29) is 18.6 Å². The standard InChI is InChI=1S/C13H16N2O3/c1-8-4-9(6-10(14)5-8)13(17)18-7-12(16)15-11-2-3-11/h4-6,11H,2-3,7,14H2,1H3,(H,15,16). The molecule has 1 fully saturated rings. The Morgan fingerprint density at radius 3 is 2.72 bits per heavy atom. The van der Waals surface area contributed by atoms with Crippen molar-refractivity contribution in [3.05, 3.63) is 29.3 Å². The number of benzene rings is 1. The average Bonchev–Trinajstić information content (AvgIpc) is 3.08. The summed E-state index contributed by atoms with van der Waals surface area (Å²) < 4.78 is 4.92. The monoisotopic (exact) mass is 248 g/mol. The molecule has 1 aromatic carbocycles. The molecule has 0 atom stereocenters. The molecule has 1 saturated carbocycles. The van der Waals surface area contributed by atoms with Crippen molar-refractivity contribution in [1.29, 1.82) is 0 Å². The van der Waals surface area contributed by atoms with E-state index >= 15 is 0 Å². The molecule has 0 aromatic heterocycles. The van der Waals surface area contributed by atoms with Crippen molar-refractivity contribution < 1.29 is 14.3 Å². The molecule has 2 rings (SSSR count). The lowest BCUT2D eigenvalue weighted by Gasteiger charge is -2.06. The highest BCUT2D eigenvalue weighted by molar-refractivity contribution is 5.92. The van der Waals surface area contributed by atoms with Gasteiger partial charge < -0.3 is 15.8 Å². The van der Waals surface area contributed by atoms with E-state index in [9.17, 15) is 9.59 Å². The van der Waals surface area contributed by atoms with Gasteiger partial charge in [-0.2, -0.15) is 0 Å². The van der Waals surface area contributed by atoms with Crippen molar-refractivity contribution in [3.8, 4) is 0 Å². The molecule has 0 bridgehead atoms. The molecular formula is C13H16N2O3. The molecule has 96 valence electrons. The summed E-state index contributed by atoms with van der Waals surface area (Å²) in [5, 5.41) is 2.74. The molecule has 3 N–H and O–H groups in total. The third-order valence-electron chi connectivity index (χ3n) is 2.61. The smallest absolute Gasteiger partial charge is 0.338 e. The van der Waals surface area contributed by atoms with Gasteiger partial charge >= 0.3 is 5.97 Å². The van der Waals surface area contributed by atoms with Gasteiger partial charge in [-0.05, 0) is 43.5 Å². The van der Waals surface area contributed by atoms with Crippen LogP contribution in [0.3, 0.4) is 0 Å². The van der Waals surface area contributed by atoms with Gasteiger partial charge in [0.15, 0.2) is 6.61 Å². The molecule has 1 aromatic rings. The van der Waals surface area contributed by atoms with Gasteiger partial charge in [-0.3, -0.25) is 4.79 Å². The number of anilines is 1. The molecule has 0 unspecified atom stereocenters. The Labute approximate surface area is 105 Å². The van der Waals surface area contributed by atoms with Gasteiger partial charge in [0, 0.05) is 11.7 Å². The van der Waals surface area contributed by atoms with Crippen LogP contribution >= 0.6 is 0 Å². The highest BCUT2D eigenvalue weighted by Crippen LogP contribution is 2.18. The summed E-state index contributed by atoms with van der Waals surface area (Å²) in [7, 11) is 0. The van der Waals surface area contributed by atoms with E-state index in [1.54, 1.807) is 12.1 Å². The summed E-state index contributed by atoms with van der Waals surface area (Å²) >= 11 is 0. The summed E-state index contributed by atoms with van der Waals surface area (Å²) in [6, 6.07) is 5.24. The van der Waals surface area contributed by atoms with Crippen LogP contribution in [0, 0.1) is 6.92 Å². The summed E-state index contributed by atoms with van der Waals surface area (Å²) in [6.45, 7) is 1.59. The number of ether oxygens (including phenoxy) is 1. The Balaban J connectivity index is 1.88. The lowest BCUT2D eigenvalue weighted by atomic mass is 10.1. The molecule has 0 heterocycles. The number of nitrogen functional groups attached to an aromatic ring is 1. The first-order valence-electron chi connectivity index (χ1n) is 5.88. The Bertz CT molecular complexity index is 461. The van der Waals surface area contributed by atoms with Crippen LogP contribution < -0.4 is 11.1 Å². The average molecular weight is 248 g/mol. The van der Waals surface area contributed by atoms with Crippen LogP contribution in [0.5, 0.6) is 0 Å². The van der Waals surface area contributed by atoms with Gasteiger partial charge in [-0.15, -0.1) is 0 Å². The summed E-state index contributed by atoms with van der Waals surface area (Å²) in [6.07, 6.45) is 2.02. The molecule has 0 aliphatic heterocycles. The number of hydrogen-bond donors (Lipinski definition) is 2. The van der Waals surface area contributed by atoms with E-state index in [2.05, 4.69) is 5.32 Å². The zero-order valence-electron chi connectivity index (χ0n) is 10.2. The number of aryl methyl sites for hydroxylation is 1. The van der Waals surface area contributed by atoms with Crippen LogP contribution in [0.2, 0.25) is 0 Å². The van der Waals surface area contributed by atoms with E-state index in [0.717, 1.165) is 18.4 Å². The molecule has 1 aliphatic rings. The number of nitrogens with two attached hydrogens (primary N) is 1. The minimum atomic E-state index is -0.531. The number of esters is 1. The first-order chi connectivity index (χ1) is 8.54. The quantitative estimate of drug-likeness (QED) is 0.615. The highest BCUT2D eigenvalue weighted by atomic mass is 16.5. The van der Waals surface area contributed by atoms with Crippen molar-refractivity contribution in [2.24, 2.45) is 0 Å². The maximum absolute atomic E-state index is 11.7. The van der Waals surface area contributed by atoms with E-state index in [1.165, 1.54) is 6.07 Å². The van der Waals surface area contributed by atoms with Gasteiger partial charge in [0.05, 0.1) is 5.56 Å². The van der Waals surface area contributed by atoms with E-state index < -0.39 is 5.97 Å². The van der Waals surface area contributed by atoms with Crippen LogP contribution in [0.4, 0.5) is 5.69 Å². The molecule has 18 heavy (non-hydrogen) atoms. The second-order valence-electron chi connectivity index (χ2n) is 4.55. The van der Waals surface area contributed by atoms with Gasteiger partial charge in [-0.1, -0.05) is 0 Å². The van der Waals surface area contributed by atoms with Crippen molar-refractivity contribution in [1.82, 2.24) is 5.32 Å². The zero-order valence-corrected chi connectivity index (χ0v) is 10.2. The summed E-state index contributed by atoms with van der Waals surface area (Å²) in [5.41, 5.74) is 7.39. The number of nitrogens with one attached hydrogen (secondary N) is 1. The number of hydrogen-bond acceptors (Lipinski definition) is 4. The topological polar surface area (TPSA) is 81.4 Å². The molecular weight excluding hydrogens is 232 g/mol. The van der Waals surface area contributed by atoms with Crippen LogP contribution in [0.1, 0.15) is 28.8 Å². The Hall–Kier alpha value is -2.04. The van der Waals surface area contributed by atoms with E-state index in [4.69, 9.17) is 10.5 Å². The fourth-order valence-corrected chi connectivity index (χ4v) is 1.64. The highest BCUT2D eigenvalue weighted by Gasteiger charge is 2.23. The fourth-order valence-electron chi connectivity index (χ4n) is 1.64.